The van der Waals surface area contributed by atoms with Crippen molar-refractivity contribution in [2.45, 2.75) is 13.3 Å². The standard InChI is InChI=1S/C9H10INO2/c1-6-5-11-7(3-8(6)10)4-9(12)13-2/h3,5H,4H2,1-2H3. The molecular formula is C9H10INO2. The van der Waals surface area contributed by atoms with Crippen LogP contribution in [0.15, 0.2) is 12.3 Å². The Morgan fingerprint density at radius 3 is 2.92 bits per heavy atom. The van der Waals surface area contributed by atoms with Crippen LogP contribution in [0.2, 0.25) is 0 Å². The van der Waals surface area contributed by atoms with Crippen LogP contribution in [-0.2, 0) is 16.0 Å². The molecule has 1 rings (SSSR count). The Labute approximate surface area is 90.6 Å². The highest BCUT2D eigenvalue weighted by Gasteiger charge is 2.05. The largest absolute Gasteiger partial charge is 0.469 e. The van der Waals surface area contributed by atoms with Crippen molar-refractivity contribution in [3.8, 4) is 0 Å². The molecule has 3 nitrogen and oxygen atoms in total. The van der Waals surface area contributed by atoms with Crippen LogP contribution < -0.4 is 0 Å². The van der Waals surface area contributed by atoms with Crippen molar-refractivity contribution in [1.29, 1.82) is 0 Å². The van der Waals surface area contributed by atoms with Crippen LogP contribution in [0, 0.1) is 10.5 Å². The number of hydrogen-bond donors (Lipinski definition) is 0. The molecule has 70 valence electrons. The SMILES string of the molecule is COC(=O)Cc1cc(I)c(C)cn1. The highest BCUT2D eigenvalue weighted by molar-refractivity contribution is 14.1. The van der Waals surface area contributed by atoms with E-state index in [1.165, 1.54) is 7.11 Å². The van der Waals surface area contributed by atoms with Crippen LogP contribution in [0.25, 0.3) is 0 Å². The van der Waals surface area contributed by atoms with Gasteiger partial charge in [0.25, 0.3) is 0 Å². The lowest BCUT2D eigenvalue weighted by atomic mass is 10.2. The molecule has 0 bridgehead atoms. The molecule has 1 aromatic rings. The van der Waals surface area contributed by atoms with E-state index in [2.05, 4.69) is 32.3 Å². The van der Waals surface area contributed by atoms with Crippen molar-refractivity contribution >= 4 is 28.6 Å². The Balaban J connectivity index is 2.79. The molecule has 0 spiro atoms. The number of methoxy groups -OCH3 is 1. The van der Waals surface area contributed by atoms with Gasteiger partial charge in [-0.25, -0.2) is 0 Å². The minimum atomic E-state index is -0.257. The monoisotopic (exact) mass is 291 g/mol. The van der Waals surface area contributed by atoms with Gasteiger partial charge in [-0.2, -0.15) is 0 Å². The second-order valence-electron chi connectivity index (χ2n) is 2.68. The molecule has 1 aromatic heterocycles. The molecule has 0 amide bonds. The molecule has 0 radical (unpaired) electrons. The third kappa shape index (κ3) is 2.95. The second-order valence-corrected chi connectivity index (χ2v) is 3.84. The van der Waals surface area contributed by atoms with Crippen molar-refractivity contribution < 1.29 is 9.53 Å². The average molecular weight is 291 g/mol. The minimum Gasteiger partial charge on any atom is -0.469 e. The van der Waals surface area contributed by atoms with E-state index in [9.17, 15) is 4.79 Å². The molecule has 0 aliphatic rings. The first-order valence-corrected chi connectivity index (χ1v) is 4.89. The van der Waals surface area contributed by atoms with E-state index >= 15 is 0 Å². The van der Waals surface area contributed by atoms with Gasteiger partial charge in [0.05, 0.1) is 19.2 Å². The fourth-order valence-corrected chi connectivity index (χ4v) is 1.35. The number of hydrogen-bond acceptors (Lipinski definition) is 3. The Kier molecular flexibility index (Phi) is 3.65. The first-order valence-electron chi connectivity index (χ1n) is 3.81. The molecule has 0 aliphatic carbocycles. The Bertz CT molecular complexity index is 325. The highest BCUT2D eigenvalue weighted by Crippen LogP contribution is 2.11. The molecular weight excluding hydrogens is 281 g/mol. The number of nitrogens with zero attached hydrogens (tertiary/aromatic N) is 1. The summed E-state index contributed by atoms with van der Waals surface area (Å²) < 4.78 is 5.66. The number of ether oxygens (including phenoxy) is 1. The van der Waals surface area contributed by atoms with Gasteiger partial charge in [-0.1, -0.05) is 0 Å². The van der Waals surface area contributed by atoms with Gasteiger partial charge in [0.15, 0.2) is 0 Å². The lowest BCUT2D eigenvalue weighted by Gasteiger charge is -2.01. The predicted molar refractivity (Wildman–Crippen MR) is 57.4 cm³/mol. The summed E-state index contributed by atoms with van der Waals surface area (Å²) in [5.74, 6) is -0.257. The van der Waals surface area contributed by atoms with E-state index in [4.69, 9.17) is 0 Å². The van der Waals surface area contributed by atoms with Crippen LogP contribution in [0.5, 0.6) is 0 Å². The van der Waals surface area contributed by atoms with Gasteiger partial charge < -0.3 is 4.74 Å². The summed E-state index contributed by atoms with van der Waals surface area (Å²) in [5.41, 5.74) is 1.87. The topological polar surface area (TPSA) is 39.2 Å². The van der Waals surface area contributed by atoms with Gasteiger partial charge in [-0.05, 0) is 41.1 Å². The highest BCUT2D eigenvalue weighted by atomic mass is 127. The summed E-state index contributed by atoms with van der Waals surface area (Å²) >= 11 is 2.22. The molecule has 0 aliphatic heterocycles. The van der Waals surface area contributed by atoms with Gasteiger partial charge in [-0.15, -0.1) is 0 Å². The molecule has 0 saturated carbocycles. The number of halogens is 1. The molecule has 0 saturated heterocycles. The number of rotatable bonds is 2. The van der Waals surface area contributed by atoms with Crippen molar-refractivity contribution in [2.75, 3.05) is 7.11 Å². The summed E-state index contributed by atoms with van der Waals surface area (Å²) in [4.78, 5) is 15.0. The third-order valence-corrected chi connectivity index (χ3v) is 2.81. The number of carbonyl (C=O) groups excluding carboxylic acids is 1. The number of esters is 1. The van der Waals surface area contributed by atoms with Crippen molar-refractivity contribution in [1.82, 2.24) is 4.98 Å². The van der Waals surface area contributed by atoms with Gasteiger partial charge >= 0.3 is 5.97 Å². The van der Waals surface area contributed by atoms with Crippen molar-refractivity contribution in [3.05, 3.63) is 27.1 Å². The first kappa shape index (κ1) is 10.4. The second kappa shape index (κ2) is 4.55. The molecule has 0 unspecified atom stereocenters. The zero-order valence-electron chi connectivity index (χ0n) is 7.50. The van der Waals surface area contributed by atoms with Crippen molar-refractivity contribution in [2.24, 2.45) is 0 Å². The zero-order chi connectivity index (χ0) is 9.84. The molecule has 0 aromatic carbocycles. The van der Waals surface area contributed by atoms with Crippen LogP contribution in [0.4, 0.5) is 0 Å². The molecule has 0 atom stereocenters. The van der Waals surface area contributed by atoms with Crippen LogP contribution >= 0.6 is 22.6 Å². The number of aryl methyl sites for hydroxylation is 1. The van der Waals surface area contributed by atoms with E-state index in [-0.39, 0.29) is 12.4 Å². The predicted octanol–water partition coefficient (Wildman–Crippen LogP) is 1.71. The quantitative estimate of drug-likeness (QED) is 0.615. The van der Waals surface area contributed by atoms with E-state index < -0.39 is 0 Å². The van der Waals surface area contributed by atoms with Gasteiger partial charge in [0.2, 0.25) is 0 Å². The lowest BCUT2D eigenvalue weighted by Crippen LogP contribution is -2.06. The molecule has 1 heterocycles. The van der Waals surface area contributed by atoms with Gasteiger partial charge in [0, 0.05) is 9.77 Å². The number of pyridine rings is 1. The minimum absolute atomic E-state index is 0.243. The van der Waals surface area contributed by atoms with E-state index in [0.717, 1.165) is 14.8 Å². The normalized spacial score (nSPS) is 9.77. The van der Waals surface area contributed by atoms with Crippen LogP contribution in [0.3, 0.4) is 0 Å². The third-order valence-electron chi connectivity index (χ3n) is 1.65. The summed E-state index contributed by atoms with van der Waals surface area (Å²) in [5, 5.41) is 0. The first-order chi connectivity index (χ1) is 6.13. The van der Waals surface area contributed by atoms with Crippen LogP contribution in [0.1, 0.15) is 11.3 Å². The number of aromatic nitrogens is 1. The lowest BCUT2D eigenvalue weighted by molar-refractivity contribution is -0.139. The summed E-state index contributed by atoms with van der Waals surface area (Å²) in [6, 6.07) is 1.90. The molecule has 4 heteroatoms. The Hall–Kier alpha value is -0.650. The number of carbonyl (C=O) groups is 1. The summed E-state index contributed by atoms with van der Waals surface area (Å²) in [7, 11) is 1.38. The maximum absolute atomic E-state index is 10.9. The maximum atomic E-state index is 10.9. The summed E-state index contributed by atoms with van der Waals surface area (Å²) in [6.07, 6.45) is 2.01. The average Bonchev–Trinajstić information content (AvgIpc) is 2.11. The molecule has 0 N–H and O–H groups in total. The fourth-order valence-electron chi connectivity index (χ4n) is 0.856. The van der Waals surface area contributed by atoms with Crippen molar-refractivity contribution in [3.63, 3.8) is 0 Å². The Morgan fingerprint density at radius 2 is 2.38 bits per heavy atom. The van der Waals surface area contributed by atoms with E-state index in [0.29, 0.717) is 0 Å². The maximum Gasteiger partial charge on any atom is 0.311 e. The smallest absolute Gasteiger partial charge is 0.311 e. The van der Waals surface area contributed by atoms with E-state index in [1.807, 2.05) is 13.0 Å². The van der Waals surface area contributed by atoms with Gasteiger partial charge in [0.1, 0.15) is 0 Å². The Morgan fingerprint density at radius 1 is 1.69 bits per heavy atom. The zero-order valence-corrected chi connectivity index (χ0v) is 9.66. The summed E-state index contributed by atoms with van der Waals surface area (Å²) in [6.45, 7) is 1.98. The van der Waals surface area contributed by atoms with Crippen LogP contribution in [-0.4, -0.2) is 18.1 Å². The van der Waals surface area contributed by atoms with Gasteiger partial charge in [-0.3, -0.25) is 9.78 Å². The van der Waals surface area contributed by atoms with E-state index in [1.54, 1.807) is 6.20 Å². The fraction of sp³-hybridized carbons (Fsp3) is 0.333. The molecule has 0 fully saturated rings. The molecule has 13 heavy (non-hydrogen) atoms.